The van der Waals surface area contributed by atoms with Gasteiger partial charge in [0.15, 0.2) is 5.82 Å². The molecule has 9 heteroatoms. The number of carbonyl (C=O) groups excluding carboxylic acids is 1. The van der Waals surface area contributed by atoms with Crippen molar-refractivity contribution in [1.29, 1.82) is 0 Å². The third-order valence-electron chi connectivity index (χ3n) is 7.09. The van der Waals surface area contributed by atoms with E-state index in [1.165, 1.54) is 0 Å². The van der Waals surface area contributed by atoms with Gasteiger partial charge in [-0.25, -0.2) is 4.68 Å². The Morgan fingerprint density at radius 1 is 1.11 bits per heavy atom. The van der Waals surface area contributed by atoms with Gasteiger partial charge in [0.05, 0.1) is 29.6 Å². The molecule has 9 nitrogen and oxygen atoms in total. The van der Waals surface area contributed by atoms with E-state index in [0.717, 1.165) is 85.1 Å². The first-order valence-corrected chi connectivity index (χ1v) is 12.6. The first-order chi connectivity index (χ1) is 17.0. The zero-order valence-electron chi connectivity index (χ0n) is 21.5. The zero-order valence-corrected chi connectivity index (χ0v) is 21.5. The number of hydrogen-bond acceptors (Lipinski definition) is 7. The second-order valence-corrected chi connectivity index (χ2v) is 9.11. The number of carbonyl (C=O) groups is 1. The highest BCUT2D eigenvalue weighted by Crippen LogP contribution is 2.31. The van der Waals surface area contributed by atoms with Crippen molar-refractivity contribution in [2.75, 3.05) is 51.3 Å². The minimum Gasteiger partial charge on any atom is -0.497 e. The molecular weight excluding hydrogens is 442 g/mol. The Hall–Kier alpha value is -3.20. The molecular formula is C26H37N7O2. The maximum atomic E-state index is 12.7. The van der Waals surface area contributed by atoms with E-state index in [2.05, 4.69) is 46.1 Å². The van der Waals surface area contributed by atoms with Gasteiger partial charge >= 0.3 is 0 Å². The lowest BCUT2D eigenvalue weighted by Crippen LogP contribution is -2.43. The normalized spacial score (nSPS) is 14.6. The van der Waals surface area contributed by atoms with Gasteiger partial charge in [-0.15, -0.1) is 5.10 Å². The third kappa shape index (κ3) is 5.24. The maximum absolute atomic E-state index is 12.7. The Labute approximate surface area is 207 Å². The van der Waals surface area contributed by atoms with Crippen LogP contribution in [-0.4, -0.2) is 77.2 Å². The summed E-state index contributed by atoms with van der Waals surface area (Å²) in [5.41, 5.74) is 3.71. The lowest BCUT2D eigenvalue weighted by molar-refractivity contribution is -0.125. The summed E-state index contributed by atoms with van der Waals surface area (Å²) in [7, 11) is 1.66. The van der Waals surface area contributed by atoms with Crippen molar-refractivity contribution in [3.63, 3.8) is 0 Å². The first-order valence-electron chi connectivity index (χ1n) is 12.6. The molecule has 35 heavy (non-hydrogen) atoms. The zero-order chi connectivity index (χ0) is 24.9. The van der Waals surface area contributed by atoms with E-state index in [-0.39, 0.29) is 11.8 Å². The van der Waals surface area contributed by atoms with Crippen LogP contribution in [0.1, 0.15) is 38.1 Å². The minimum absolute atomic E-state index is 0.0374. The summed E-state index contributed by atoms with van der Waals surface area (Å²) in [5, 5.41) is 18.1. The molecule has 1 fully saturated rings. The van der Waals surface area contributed by atoms with Crippen molar-refractivity contribution in [3.8, 4) is 11.4 Å². The van der Waals surface area contributed by atoms with Crippen LogP contribution in [-0.2, 0) is 4.79 Å². The number of hydrogen-bond donors (Lipinski definition) is 1. The highest BCUT2D eigenvalue weighted by Gasteiger charge is 2.28. The maximum Gasteiger partial charge on any atom is 0.223 e. The number of aromatic nitrogens is 4. The van der Waals surface area contributed by atoms with Gasteiger partial charge < -0.3 is 19.9 Å². The molecule has 0 spiro atoms. The molecule has 0 unspecified atom stereocenters. The fourth-order valence-electron chi connectivity index (χ4n) is 4.87. The van der Waals surface area contributed by atoms with Gasteiger partial charge in [-0.3, -0.25) is 4.79 Å². The van der Waals surface area contributed by atoms with Gasteiger partial charge in [0.2, 0.25) is 5.91 Å². The summed E-state index contributed by atoms with van der Waals surface area (Å²) in [6.45, 7) is 13.5. The Kier molecular flexibility index (Phi) is 7.85. The van der Waals surface area contributed by atoms with Gasteiger partial charge in [-0.05, 0) is 64.0 Å². The predicted octanol–water partition coefficient (Wildman–Crippen LogP) is 3.12. The number of piperidine rings is 1. The number of aryl methyl sites for hydroxylation is 2. The molecule has 0 atom stereocenters. The number of nitrogens with one attached hydrogen (secondary N) is 1. The van der Waals surface area contributed by atoms with Crippen molar-refractivity contribution in [1.82, 2.24) is 30.2 Å². The molecule has 1 aromatic carbocycles. The van der Waals surface area contributed by atoms with Gasteiger partial charge in [-0.2, -0.15) is 10.2 Å². The second kappa shape index (κ2) is 11.0. The quantitative estimate of drug-likeness (QED) is 0.504. The fourth-order valence-corrected chi connectivity index (χ4v) is 4.87. The number of likely N-dealkylation sites (N-methyl/N-ethyl adjacent to an activating group) is 1. The van der Waals surface area contributed by atoms with Crippen LogP contribution in [0, 0.1) is 19.8 Å². The molecule has 3 aromatic rings. The molecule has 4 rings (SSSR count). The molecule has 1 aliphatic rings. The number of benzene rings is 1. The summed E-state index contributed by atoms with van der Waals surface area (Å²) in [6, 6.07) is 7.86. The third-order valence-corrected chi connectivity index (χ3v) is 7.09. The molecule has 1 N–H and O–H groups in total. The van der Waals surface area contributed by atoms with Gasteiger partial charge in [0.25, 0.3) is 0 Å². The molecule has 0 saturated carbocycles. The van der Waals surface area contributed by atoms with Crippen LogP contribution in [0.2, 0.25) is 0 Å². The Morgan fingerprint density at radius 3 is 2.43 bits per heavy atom. The van der Waals surface area contributed by atoms with Gasteiger partial charge in [-0.1, -0.05) is 13.8 Å². The number of ether oxygens (including phenoxy) is 1. The SMILES string of the molecule is CCN(CC)CCNC(=O)C1CCN(c2nnc(C)c3c(C)n(-c4ccc(OC)cc4)nc23)CC1. The van der Waals surface area contributed by atoms with Crippen molar-refractivity contribution in [3.05, 3.63) is 35.7 Å². The van der Waals surface area contributed by atoms with Crippen LogP contribution in [0.15, 0.2) is 24.3 Å². The van der Waals surface area contributed by atoms with Gasteiger partial charge in [0, 0.05) is 32.1 Å². The number of rotatable bonds is 9. The topological polar surface area (TPSA) is 88.4 Å². The summed E-state index contributed by atoms with van der Waals surface area (Å²) >= 11 is 0. The average molecular weight is 480 g/mol. The largest absolute Gasteiger partial charge is 0.497 e. The van der Waals surface area contributed by atoms with E-state index in [0.29, 0.717) is 6.54 Å². The summed E-state index contributed by atoms with van der Waals surface area (Å²) < 4.78 is 7.24. The first kappa shape index (κ1) is 24.9. The molecule has 2 aromatic heterocycles. The molecule has 1 amide bonds. The van der Waals surface area contributed by atoms with Gasteiger partial charge in [0.1, 0.15) is 11.3 Å². The highest BCUT2D eigenvalue weighted by molar-refractivity contribution is 5.92. The van der Waals surface area contributed by atoms with Crippen molar-refractivity contribution >= 4 is 22.6 Å². The number of amides is 1. The summed E-state index contributed by atoms with van der Waals surface area (Å²) in [4.78, 5) is 17.2. The average Bonchev–Trinajstić information content (AvgIpc) is 3.25. The smallest absolute Gasteiger partial charge is 0.223 e. The van der Waals surface area contributed by atoms with Crippen LogP contribution in [0.5, 0.6) is 5.75 Å². The number of fused-ring (bicyclic) bond motifs is 1. The number of nitrogens with zero attached hydrogens (tertiary/aromatic N) is 6. The summed E-state index contributed by atoms with van der Waals surface area (Å²) in [6.07, 6.45) is 1.60. The molecule has 1 aliphatic heterocycles. The van der Waals surface area contributed by atoms with Crippen LogP contribution in [0.4, 0.5) is 5.82 Å². The molecule has 188 valence electrons. The van der Waals surface area contributed by atoms with Crippen molar-refractivity contribution in [2.24, 2.45) is 5.92 Å². The lowest BCUT2D eigenvalue weighted by atomic mass is 9.96. The van der Waals surface area contributed by atoms with E-state index in [9.17, 15) is 4.79 Å². The van der Waals surface area contributed by atoms with Crippen LogP contribution in [0.3, 0.4) is 0 Å². The van der Waals surface area contributed by atoms with E-state index in [1.807, 2.05) is 35.9 Å². The second-order valence-electron chi connectivity index (χ2n) is 9.11. The van der Waals surface area contributed by atoms with Crippen LogP contribution >= 0.6 is 0 Å². The number of anilines is 1. The van der Waals surface area contributed by atoms with E-state index < -0.39 is 0 Å². The summed E-state index contributed by atoms with van der Waals surface area (Å²) in [5.74, 6) is 1.80. The molecule has 0 bridgehead atoms. The minimum atomic E-state index is 0.0374. The van der Waals surface area contributed by atoms with E-state index in [4.69, 9.17) is 9.84 Å². The molecule has 3 heterocycles. The number of methoxy groups -OCH3 is 1. The lowest BCUT2D eigenvalue weighted by Gasteiger charge is -2.32. The van der Waals surface area contributed by atoms with Crippen LogP contribution in [0.25, 0.3) is 16.6 Å². The molecule has 0 aliphatic carbocycles. The Balaban J connectivity index is 1.48. The fraction of sp³-hybridized carbons (Fsp3) is 0.538. The molecule has 0 radical (unpaired) electrons. The predicted molar refractivity (Wildman–Crippen MR) is 138 cm³/mol. The molecule has 1 saturated heterocycles. The van der Waals surface area contributed by atoms with Crippen molar-refractivity contribution < 1.29 is 9.53 Å². The van der Waals surface area contributed by atoms with E-state index in [1.54, 1.807) is 7.11 Å². The Bertz CT molecular complexity index is 1150. The van der Waals surface area contributed by atoms with Crippen molar-refractivity contribution in [2.45, 2.75) is 40.5 Å². The van der Waals surface area contributed by atoms with Crippen LogP contribution < -0.4 is 15.0 Å². The highest BCUT2D eigenvalue weighted by atomic mass is 16.5. The standard InChI is InChI=1S/C26H37N7O2/c1-6-31(7-2)17-14-27-26(34)20-12-15-32(16-13-20)25-24-23(18(3)28-29-25)19(4)33(30-24)21-8-10-22(35-5)11-9-21/h8-11,20H,6-7,12-17H2,1-5H3,(H,27,34). The van der Waals surface area contributed by atoms with E-state index >= 15 is 0 Å². The Morgan fingerprint density at radius 2 is 1.80 bits per heavy atom. The monoisotopic (exact) mass is 479 g/mol.